The van der Waals surface area contributed by atoms with E-state index in [1.54, 1.807) is 0 Å². The van der Waals surface area contributed by atoms with Crippen LogP contribution in [0.2, 0.25) is 5.28 Å². The minimum atomic E-state index is -4.46. The number of nitrogens with two attached hydrogens (primary N) is 1. The third-order valence-electron chi connectivity index (χ3n) is 3.67. The molecule has 3 N–H and O–H groups in total. The van der Waals surface area contributed by atoms with Gasteiger partial charge in [0.25, 0.3) is 7.82 Å². The zero-order valence-corrected chi connectivity index (χ0v) is 15.9. The van der Waals surface area contributed by atoms with Gasteiger partial charge in [0, 0.05) is 0 Å². The number of fused-ring (bicyclic) bond motifs is 2. The Kier molecular flexibility index (Phi) is 4.95. The molecule has 0 spiro atoms. The van der Waals surface area contributed by atoms with Crippen molar-refractivity contribution in [1.29, 1.82) is 0 Å². The predicted octanol–water partition coefficient (Wildman–Crippen LogP) is -3.79. The van der Waals surface area contributed by atoms with Crippen molar-refractivity contribution in [1.82, 2.24) is 19.5 Å². The largest absolute Gasteiger partial charge is 1.00 e. The molecule has 2 saturated heterocycles. The van der Waals surface area contributed by atoms with Gasteiger partial charge in [0.2, 0.25) is 5.28 Å². The summed E-state index contributed by atoms with van der Waals surface area (Å²) in [4.78, 5) is 23.3. The van der Waals surface area contributed by atoms with E-state index in [4.69, 9.17) is 26.6 Å². The number of phosphoric ester groups is 1. The Morgan fingerprint density at radius 1 is 1.50 bits per heavy atom. The summed E-state index contributed by atoms with van der Waals surface area (Å²) in [6.07, 6.45) is -3.05. The fourth-order valence-corrected chi connectivity index (χ4v) is 3.88. The first-order valence-corrected chi connectivity index (χ1v) is 8.32. The standard InChI is InChI=1S/C10H11ClN5O6P.Na/c11-10-15-4-7(12)13-2-14-8(4)16(10)9-5(17)6-3(21-9)1-20-23(18,19)22-6;/h2-3,5-6,9,17H,1H2,(H,18,19)(H2,12,13,14);/q;+1/p-1/t3-,5?,6+,9-;/m1./s1. The second kappa shape index (κ2) is 6.44. The van der Waals surface area contributed by atoms with Crippen LogP contribution in [0.1, 0.15) is 6.23 Å². The van der Waals surface area contributed by atoms with Crippen LogP contribution in [0.25, 0.3) is 11.2 Å². The maximum atomic E-state index is 11.4. The van der Waals surface area contributed by atoms with Crippen LogP contribution in [0.4, 0.5) is 5.82 Å². The Hall–Kier alpha value is -0.330. The summed E-state index contributed by atoms with van der Waals surface area (Å²) in [5.74, 6) is 0.115. The average molecular weight is 386 g/mol. The van der Waals surface area contributed by atoms with Crippen LogP contribution in [0.3, 0.4) is 0 Å². The number of rotatable bonds is 1. The van der Waals surface area contributed by atoms with Crippen LogP contribution in [0.5, 0.6) is 0 Å². The molecule has 2 aliphatic rings. The summed E-state index contributed by atoms with van der Waals surface area (Å²) in [6, 6.07) is 0. The molecular formula is C10H10ClN5NaO6P. The molecule has 24 heavy (non-hydrogen) atoms. The molecule has 2 aromatic heterocycles. The number of hydrogen-bond donors (Lipinski definition) is 2. The third kappa shape index (κ3) is 2.88. The number of nitrogens with zero attached hydrogens (tertiary/aromatic N) is 4. The number of aliphatic hydroxyl groups is 1. The number of ether oxygens (including phenoxy) is 1. The van der Waals surface area contributed by atoms with Crippen LogP contribution >= 0.6 is 19.4 Å². The van der Waals surface area contributed by atoms with Gasteiger partial charge in [-0.2, -0.15) is 0 Å². The first kappa shape index (κ1) is 18.5. The molecule has 14 heteroatoms. The van der Waals surface area contributed by atoms with Crippen LogP contribution in [0, 0.1) is 0 Å². The smallest absolute Gasteiger partial charge is 0.756 e. The number of aliphatic hydroxyl groups excluding tert-OH is 1. The molecule has 2 aliphatic heterocycles. The molecule has 0 amide bonds. The number of halogens is 1. The molecule has 4 heterocycles. The molecule has 0 aromatic carbocycles. The molecule has 5 atom stereocenters. The van der Waals surface area contributed by atoms with E-state index in [1.807, 2.05) is 0 Å². The third-order valence-corrected chi connectivity index (χ3v) is 4.91. The zero-order chi connectivity index (χ0) is 16.4. The van der Waals surface area contributed by atoms with E-state index in [-0.39, 0.29) is 58.4 Å². The molecule has 0 bridgehead atoms. The number of anilines is 1. The number of nitrogen functional groups attached to an aromatic ring is 1. The Morgan fingerprint density at radius 3 is 3.00 bits per heavy atom. The Balaban J connectivity index is 0.00000169. The molecule has 2 aromatic rings. The Morgan fingerprint density at radius 2 is 2.25 bits per heavy atom. The van der Waals surface area contributed by atoms with Crippen molar-refractivity contribution < 1.29 is 57.9 Å². The molecule has 124 valence electrons. The SMILES string of the molecule is Nc1ncnc2c1nc(Cl)n2[C@@H]1O[C@@H]2COP(=O)([O-])O[C@@H]2C1O.[Na+]. The Labute approximate surface area is 162 Å². The van der Waals surface area contributed by atoms with E-state index in [0.29, 0.717) is 0 Å². The molecule has 4 rings (SSSR count). The Bertz CT molecular complexity index is 837. The second-order valence-corrected chi connectivity index (χ2v) is 6.75. The molecular weight excluding hydrogens is 376 g/mol. The minimum Gasteiger partial charge on any atom is -0.756 e. The summed E-state index contributed by atoms with van der Waals surface area (Å²) in [5.41, 5.74) is 6.20. The number of hydrogen-bond acceptors (Lipinski definition) is 10. The number of aromatic nitrogens is 4. The van der Waals surface area contributed by atoms with Crippen molar-refractivity contribution in [2.45, 2.75) is 24.5 Å². The van der Waals surface area contributed by atoms with Gasteiger partial charge in [-0.25, -0.2) is 15.0 Å². The quantitative estimate of drug-likeness (QED) is 0.283. The second-order valence-electron chi connectivity index (χ2n) is 5.05. The van der Waals surface area contributed by atoms with Gasteiger partial charge in [0.05, 0.1) is 6.61 Å². The van der Waals surface area contributed by atoms with E-state index in [2.05, 4.69) is 19.5 Å². The molecule has 2 fully saturated rings. The maximum Gasteiger partial charge on any atom is 1.00 e. The minimum absolute atomic E-state index is 0. The first-order chi connectivity index (χ1) is 10.9. The van der Waals surface area contributed by atoms with E-state index in [0.717, 1.165) is 0 Å². The van der Waals surface area contributed by atoms with Crippen molar-refractivity contribution in [3.8, 4) is 0 Å². The van der Waals surface area contributed by atoms with Gasteiger partial charge in [0.1, 0.15) is 24.6 Å². The maximum absolute atomic E-state index is 11.4. The fraction of sp³-hybridized carbons (Fsp3) is 0.500. The van der Waals surface area contributed by atoms with Gasteiger partial charge in [-0.15, -0.1) is 0 Å². The van der Waals surface area contributed by atoms with Crippen molar-refractivity contribution in [2.75, 3.05) is 12.3 Å². The van der Waals surface area contributed by atoms with Crippen molar-refractivity contribution in [2.24, 2.45) is 0 Å². The van der Waals surface area contributed by atoms with E-state index in [1.165, 1.54) is 10.9 Å². The van der Waals surface area contributed by atoms with Crippen molar-refractivity contribution in [3.05, 3.63) is 11.6 Å². The summed E-state index contributed by atoms with van der Waals surface area (Å²) >= 11 is 6.09. The zero-order valence-electron chi connectivity index (χ0n) is 12.3. The van der Waals surface area contributed by atoms with Gasteiger partial charge < -0.3 is 29.5 Å². The van der Waals surface area contributed by atoms with Crippen molar-refractivity contribution in [3.63, 3.8) is 0 Å². The summed E-state index contributed by atoms with van der Waals surface area (Å²) < 4.78 is 27.7. The average Bonchev–Trinajstić information content (AvgIpc) is 2.97. The summed E-state index contributed by atoms with van der Waals surface area (Å²) in [6.45, 7) is -0.264. The van der Waals surface area contributed by atoms with Gasteiger partial charge in [-0.1, -0.05) is 0 Å². The molecule has 0 radical (unpaired) electrons. The van der Waals surface area contributed by atoms with Crippen LogP contribution < -0.4 is 40.2 Å². The monoisotopic (exact) mass is 385 g/mol. The number of imidazole rings is 1. The van der Waals surface area contributed by atoms with Gasteiger partial charge in [0.15, 0.2) is 23.2 Å². The van der Waals surface area contributed by atoms with Crippen LogP contribution in [0.15, 0.2) is 6.33 Å². The van der Waals surface area contributed by atoms with Crippen LogP contribution in [-0.4, -0.2) is 49.5 Å². The summed E-state index contributed by atoms with van der Waals surface area (Å²) in [7, 11) is -4.46. The normalized spacial score (nSPS) is 35.6. The van der Waals surface area contributed by atoms with Gasteiger partial charge in [-0.3, -0.25) is 9.13 Å². The van der Waals surface area contributed by atoms with Gasteiger partial charge in [-0.05, 0) is 11.6 Å². The molecule has 11 nitrogen and oxygen atoms in total. The van der Waals surface area contributed by atoms with E-state index >= 15 is 0 Å². The molecule has 0 aliphatic carbocycles. The van der Waals surface area contributed by atoms with E-state index in [9.17, 15) is 14.6 Å². The predicted molar refractivity (Wildman–Crippen MR) is 73.1 cm³/mol. The number of phosphoric acid groups is 1. The topological polar surface area (TPSA) is 158 Å². The first-order valence-electron chi connectivity index (χ1n) is 6.49. The molecule has 2 unspecified atom stereocenters. The van der Waals surface area contributed by atoms with Crippen LogP contribution in [-0.2, 0) is 18.3 Å². The molecule has 0 saturated carbocycles. The summed E-state index contributed by atoms with van der Waals surface area (Å²) in [5, 5.41) is 10.4. The van der Waals surface area contributed by atoms with Crippen molar-refractivity contribution >= 4 is 36.4 Å². The van der Waals surface area contributed by atoms with Gasteiger partial charge >= 0.3 is 29.6 Å². The van der Waals surface area contributed by atoms with E-state index < -0.39 is 32.4 Å². The fourth-order valence-electron chi connectivity index (χ4n) is 2.67.